The molecule has 1 unspecified atom stereocenters. The normalized spacial score (nSPS) is 14.5. The number of aliphatic hydroxyl groups is 2. The Morgan fingerprint density at radius 1 is 1.38 bits per heavy atom. The minimum absolute atomic E-state index is 0.196. The van der Waals surface area contributed by atoms with E-state index in [9.17, 15) is 0 Å². The third-order valence-corrected chi connectivity index (χ3v) is 1.81. The first-order valence-corrected chi connectivity index (χ1v) is 4.25. The Bertz CT molecular complexity index is 129. The van der Waals surface area contributed by atoms with Crippen LogP contribution in [0.25, 0.3) is 0 Å². The van der Waals surface area contributed by atoms with E-state index in [1.54, 1.807) is 13.8 Å². The molecule has 0 aromatic heterocycles. The summed E-state index contributed by atoms with van der Waals surface area (Å²) >= 11 is 0. The van der Waals surface area contributed by atoms with E-state index in [0.717, 1.165) is 0 Å². The standard InChI is InChI=1S/C8H19NO4/c1-8(2,13-4-3-9)7(5-10)12-6-11/h7,10-11H,3-6,9H2,1-2H3. The second-order valence-electron chi connectivity index (χ2n) is 3.21. The first-order valence-electron chi connectivity index (χ1n) is 4.25. The van der Waals surface area contributed by atoms with Gasteiger partial charge in [0.05, 0.1) is 18.8 Å². The number of hydrogen-bond donors (Lipinski definition) is 3. The number of nitrogens with two attached hydrogens (primary N) is 1. The molecule has 0 aliphatic rings. The van der Waals surface area contributed by atoms with Crippen LogP contribution in [0.15, 0.2) is 0 Å². The average molecular weight is 193 g/mol. The first kappa shape index (κ1) is 12.8. The molecule has 80 valence electrons. The van der Waals surface area contributed by atoms with Crippen molar-refractivity contribution in [3.05, 3.63) is 0 Å². The summed E-state index contributed by atoms with van der Waals surface area (Å²) in [5, 5.41) is 17.5. The molecular weight excluding hydrogens is 174 g/mol. The first-order chi connectivity index (χ1) is 6.08. The Morgan fingerprint density at radius 2 is 2.00 bits per heavy atom. The van der Waals surface area contributed by atoms with Crippen molar-refractivity contribution in [3.63, 3.8) is 0 Å². The topological polar surface area (TPSA) is 84.9 Å². The van der Waals surface area contributed by atoms with Crippen LogP contribution in [0.3, 0.4) is 0 Å². The fourth-order valence-electron chi connectivity index (χ4n) is 0.978. The molecule has 0 aromatic rings. The second-order valence-corrected chi connectivity index (χ2v) is 3.21. The van der Waals surface area contributed by atoms with Gasteiger partial charge < -0.3 is 25.4 Å². The number of aliphatic hydroxyl groups excluding tert-OH is 2. The predicted octanol–water partition coefficient (Wildman–Crippen LogP) is -0.932. The Kier molecular flexibility index (Phi) is 6.19. The van der Waals surface area contributed by atoms with Crippen LogP contribution in [0.2, 0.25) is 0 Å². The maximum Gasteiger partial charge on any atom is 0.144 e. The second kappa shape index (κ2) is 6.28. The van der Waals surface area contributed by atoms with Gasteiger partial charge in [0.1, 0.15) is 12.9 Å². The summed E-state index contributed by atoms with van der Waals surface area (Å²) in [5.74, 6) is 0. The smallest absolute Gasteiger partial charge is 0.144 e. The average Bonchev–Trinajstić information content (AvgIpc) is 2.10. The van der Waals surface area contributed by atoms with Gasteiger partial charge in [0.15, 0.2) is 0 Å². The SMILES string of the molecule is CC(C)(OCCN)C(CO)OCO. The summed E-state index contributed by atoms with van der Waals surface area (Å²) in [6.45, 7) is 3.75. The molecule has 1 atom stereocenters. The molecule has 0 aliphatic heterocycles. The molecule has 13 heavy (non-hydrogen) atoms. The highest BCUT2D eigenvalue weighted by Gasteiger charge is 2.30. The van der Waals surface area contributed by atoms with E-state index in [4.69, 9.17) is 25.4 Å². The highest BCUT2D eigenvalue weighted by atomic mass is 16.6. The van der Waals surface area contributed by atoms with E-state index in [1.807, 2.05) is 0 Å². The van der Waals surface area contributed by atoms with Crippen molar-refractivity contribution in [1.82, 2.24) is 0 Å². The Hall–Kier alpha value is -0.200. The summed E-state index contributed by atoms with van der Waals surface area (Å²) in [7, 11) is 0. The van der Waals surface area contributed by atoms with E-state index in [1.165, 1.54) is 0 Å². The highest BCUT2D eigenvalue weighted by molar-refractivity contribution is 4.79. The van der Waals surface area contributed by atoms with Crippen molar-refractivity contribution in [2.75, 3.05) is 26.6 Å². The van der Waals surface area contributed by atoms with E-state index in [2.05, 4.69) is 0 Å². The molecule has 5 nitrogen and oxygen atoms in total. The van der Waals surface area contributed by atoms with Gasteiger partial charge in [-0.25, -0.2) is 0 Å². The van der Waals surface area contributed by atoms with Gasteiger partial charge in [-0.2, -0.15) is 0 Å². The molecule has 0 fully saturated rings. The largest absolute Gasteiger partial charge is 0.394 e. The van der Waals surface area contributed by atoms with Crippen molar-refractivity contribution < 1.29 is 19.7 Å². The number of hydrogen-bond acceptors (Lipinski definition) is 5. The summed E-state index contributed by atoms with van der Waals surface area (Å²) in [6, 6.07) is 0. The van der Waals surface area contributed by atoms with Crippen LogP contribution >= 0.6 is 0 Å². The van der Waals surface area contributed by atoms with Gasteiger partial charge in [-0.1, -0.05) is 0 Å². The third-order valence-electron chi connectivity index (χ3n) is 1.81. The molecule has 0 heterocycles. The zero-order chi connectivity index (χ0) is 10.3. The molecule has 0 saturated heterocycles. The lowest BCUT2D eigenvalue weighted by atomic mass is 10.0. The summed E-state index contributed by atoms with van der Waals surface area (Å²) in [5.41, 5.74) is 4.63. The lowest BCUT2D eigenvalue weighted by Crippen LogP contribution is -2.44. The zero-order valence-electron chi connectivity index (χ0n) is 8.19. The van der Waals surface area contributed by atoms with Crippen LogP contribution in [0.4, 0.5) is 0 Å². The van der Waals surface area contributed by atoms with Crippen LogP contribution in [-0.2, 0) is 9.47 Å². The zero-order valence-corrected chi connectivity index (χ0v) is 8.19. The quantitative estimate of drug-likeness (QED) is 0.455. The van der Waals surface area contributed by atoms with Gasteiger partial charge in [0.25, 0.3) is 0 Å². The molecule has 0 aliphatic carbocycles. The minimum atomic E-state index is -0.642. The van der Waals surface area contributed by atoms with Gasteiger partial charge in [0, 0.05) is 6.54 Å². The fraction of sp³-hybridized carbons (Fsp3) is 1.00. The van der Waals surface area contributed by atoms with E-state index < -0.39 is 18.5 Å². The molecule has 0 bridgehead atoms. The molecule has 4 N–H and O–H groups in total. The van der Waals surface area contributed by atoms with Crippen molar-refractivity contribution in [2.45, 2.75) is 25.6 Å². The van der Waals surface area contributed by atoms with Crippen molar-refractivity contribution >= 4 is 0 Å². The van der Waals surface area contributed by atoms with Crippen LogP contribution in [0.5, 0.6) is 0 Å². The third kappa shape index (κ3) is 4.54. The van der Waals surface area contributed by atoms with Gasteiger partial charge >= 0.3 is 0 Å². The monoisotopic (exact) mass is 193 g/mol. The fourth-order valence-corrected chi connectivity index (χ4v) is 0.978. The molecule has 0 rings (SSSR count). The Labute approximate surface area is 78.4 Å². The molecule has 0 amide bonds. The summed E-state index contributed by atoms with van der Waals surface area (Å²) in [6.07, 6.45) is -0.538. The lowest BCUT2D eigenvalue weighted by molar-refractivity contribution is -0.168. The van der Waals surface area contributed by atoms with Crippen molar-refractivity contribution in [2.24, 2.45) is 5.73 Å². The highest BCUT2D eigenvalue weighted by Crippen LogP contribution is 2.17. The van der Waals surface area contributed by atoms with Gasteiger partial charge in [-0.3, -0.25) is 0 Å². The number of ether oxygens (including phenoxy) is 2. The molecule has 0 aromatic carbocycles. The Balaban J connectivity index is 4.03. The van der Waals surface area contributed by atoms with E-state index in [0.29, 0.717) is 13.2 Å². The van der Waals surface area contributed by atoms with Gasteiger partial charge in [-0.05, 0) is 13.8 Å². The summed E-state index contributed by atoms with van der Waals surface area (Å²) < 4.78 is 10.3. The molecular formula is C8H19NO4. The molecule has 5 heteroatoms. The van der Waals surface area contributed by atoms with Gasteiger partial charge in [0.2, 0.25) is 0 Å². The maximum atomic E-state index is 8.94. The van der Waals surface area contributed by atoms with Crippen LogP contribution < -0.4 is 5.73 Å². The molecule has 0 radical (unpaired) electrons. The minimum Gasteiger partial charge on any atom is -0.394 e. The van der Waals surface area contributed by atoms with E-state index in [-0.39, 0.29) is 6.61 Å². The predicted molar refractivity (Wildman–Crippen MR) is 48.1 cm³/mol. The maximum absolute atomic E-state index is 8.94. The van der Waals surface area contributed by atoms with E-state index >= 15 is 0 Å². The Morgan fingerprint density at radius 3 is 2.38 bits per heavy atom. The van der Waals surface area contributed by atoms with Crippen LogP contribution in [0, 0.1) is 0 Å². The van der Waals surface area contributed by atoms with Gasteiger partial charge in [-0.15, -0.1) is 0 Å². The lowest BCUT2D eigenvalue weighted by Gasteiger charge is -2.32. The van der Waals surface area contributed by atoms with Crippen LogP contribution in [-0.4, -0.2) is 48.5 Å². The van der Waals surface area contributed by atoms with Crippen LogP contribution in [0.1, 0.15) is 13.8 Å². The molecule has 0 saturated carbocycles. The number of rotatable bonds is 7. The van der Waals surface area contributed by atoms with Crippen molar-refractivity contribution in [1.29, 1.82) is 0 Å². The summed E-state index contributed by atoms with van der Waals surface area (Å²) in [4.78, 5) is 0. The molecule has 0 spiro atoms. The van der Waals surface area contributed by atoms with Crippen molar-refractivity contribution in [3.8, 4) is 0 Å².